The first kappa shape index (κ1) is 20.6. The molecule has 1 aliphatic rings. The lowest BCUT2D eigenvalue weighted by Gasteiger charge is -2.31. The molecule has 3 N–H and O–H groups in total. The predicted octanol–water partition coefficient (Wildman–Crippen LogP) is 1.81. The van der Waals surface area contributed by atoms with Gasteiger partial charge in [0, 0.05) is 37.5 Å². The third-order valence-corrected chi connectivity index (χ3v) is 4.94. The molecular weight excluding hydrogens is 374 g/mol. The highest BCUT2D eigenvalue weighted by Crippen LogP contribution is 2.15. The number of ether oxygens (including phenoxy) is 1. The van der Waals surface area contributed by atoms with Gasteiger partial charge in [-0.25, -0.2) is 4.79 Å². The monoisotopic (exact) mass is 401 g/mol. The van der Waals surface area contributed by atoms with E-state index in [9.17, 15) is 14.4 Å². The molecule has 29 heavy (non-hydrogen) atoms. The number of nitrogens with one attached hydrogen (secondary N) is 3. The molecule has 1 saturated heterocycles. The predicted molar refractivity (Wildman–Crippen MR) is 107 cm³/mol. The molecule has 156 valence electrons. The second-order valence-electron chi connectivity index (χ2n) is 7.01. The van der Waals surface area contributed by atoms with Crippen LogP contribution in [0.25, 0.3) is 10.9 Å². The number of H-pyrrole nitrogens is 1. The number of para-hydroxylation sites is 1. The van der Waals surface area contributed by atoms with Crippen molar-refractivity contribution in [3.63, 3.8) is 0 Å². The number of carbonyl (C=O) groups is 3. The smallest absolute Gasteiger partial charge is 0.409 e. The Morgan fingerprint density at radius 3 is 2.76 bits per heavy atom. The van der Waals surface area contributed by atoms with Gasteiger partial charge in [-0.1, -0.05) is 18.2 Å². The summed E-state index contributed by atoms with van der Waals surface area (Å²) in [7, 11) is 0. The summed E-state index contributed by atoms with van der Waals surface area (Å²) < 4.78 is 4.99. The van der Waals surface area contributed by atoms with Gasteiger partial charge in [-0.05, 0) is 32.3 Å². The lowest BCUT2D eigenvalue weighted by atomic mass is 10.1. The van der Waals surface area contributed by atoms with Gasteiger partial charge in [0.15, 0.2) is 5.69 Å². The molecule has 1 aromatic heterocycles. The molecule has 1 aromatic carbocycles. The van der Waals surface area contributed by atoms with Crippen LogP contribution in [0, 0.1) is 0 Å². The molecular formula is C20H27N5O4. The summed E-state index contributed by atoms with van der Waals surface area (Å²) in [5.74, 6) is -0.298. The normalized spacial score (nSPS) is 14.6. The maximum absolute atomic E-state index is 12.3. The van der Waals surface area contributed by atoms with Crippen molar-refractivity contribution in [3.8, 4) is 0 Å². The topological polar surface area (TPSA) is 116 Å². The second kappa shape index (κ2) is 9.90. The standard InChI is InChI=1S/C20H27N5O4/c1-2-29-20(28)25-12-9-14(10-13-25)22-17(26)8-5-11-21-19(27)18-15-6-3-4-7-16(15)23-24-18/h3-4,6-7,14H,2,5,8-13H2,1H3,(H,21,27)(H,22,26)(H,23,24). The minimum Gasteiger partial charge on any atom is -0.450 e. The number of nitrogens with zero attached hydrogens (tertiary/aromatic N) is 2. The Morgan fingerprint density at radius 2 is 2.00 bits per heavy atom. The molecule has 0 saturated carbocycles. The van der Waals surface area contributed by atoms with Crippen LogP contribution in [-0.2, 0) is 9.53 Å². The highest BCUT2D eigenvalue weighted by molar-refractivity contribution is 6.04. The molecule has 1 fully saturated rings. The van der Waals surface area contributed by atoms with Gasteiger partial charge >= 0.3 is 6.09 Å². The molecule has 9 nitrogen and oxygen atoms in total. The summed E-state index contributed by atoms with van der Waals surface area (Å²) in [6.45, 7) is 3.70. The van der Waals surface area contributed by atoms with Crippen LogP contribution >= 0.6 is 0 Å². The first-order chi connectivity index (χ1) is 14.1. The first-order valence-corrected chi connectivity index (χ1v) is 10.0. The van der Waals surface area contributed by atoms with E-state index < -0.39 is 0 Å². The van der Waals surface area contributed by atoms with E-state index in [1.54, 1.807) is 11.8 Å². The zero-order valence-electron chi connectivity index (χ0n) is 16.6. The number of carbonyl (C=O) groups excluding carboxylic acids is 3. The van der Waals surface area contributed by atoms with Gasteiger partial charge in [-0.3, -0.25) is 14.7 Å². The first-order valence-electron chi connectivity index (χ1n) is 10.0. The number of hydrogen-bond acceptors (Lipinski definition) is 5. The lowest BCUT2D eigenvalue weighted by Crippen LogP contribution is -2.46. The zero-order valence-corrected chi connectivity index (χ0v) is 16.6. The fourth-order valence-corrected chi connectivity index (χ4v) is 3.39. The average molecular weight is 401 g/mol. The molecule has 1 aliphatic heterocycles. The number of amides is 3. The Hall–Kier alpha value is -3.10. The molecule has 0 bridgehead atoms. The molecule has 0 spiro atoms. The molecule has 9 heteroatoms. The maximum atomic E-state index is 12.3. The molecule has 2 heterocycles. The van der Waals surface area contributed by atoms with Crippen LogP contribution < -0.4 is 10.6 Å². The summed E-state index contributed by atoms with van der Waals surface area (Å²) in [6, 6.07) is 7.51. The summed E-state index contributed by atoms with van der Waals surface area (Å²) >= 11 is 0. The van der Waals surface area contributed by atoms with Gasteiger partial charge in [-0.15, -0.1) is 0 Å². The maximum Gasteiger partial charge on any atom is 0.409 e. The van der Waals surface area contributed by atoms with E-state index in [0.29, 0.717) is 57.6 Å². The quantitative estimate of drug-likeness (QED) is 0.612. The van der Waals surface area contributed by atoms with Gasteiger partial charge in [0.25, 0.3) is 5.91 Å². The van der Waals surface area contributed by atoms with Crippen LogP contribution in [-0.4, -0.2) is 65.3 Å². The van der Waals surface area contributed by atoms with E-state index in [-0.39, 0.29) is 23.9 Å². The molecule has 0 unspecified atom stereocenters. The highest BCUT2D eigenvalue weighted by atomic mass is 16.6. The van der Waals surface area contributed by atoms with Crippen LogP contribution in [0.3, 0.4) is 0 Å². The number of fused-ring (bicyclic) bond motifs is 1. The van der Waals surface area contributed by atoms with Gasteiger partial charge in [0.05, 0.1) is 12.1 Å². The Morgan fingerprint density at radius 1 is 1.24 bits per heavy atom. The summed E-state index contributed by atoms with van der Waals surface area (Å²) in [5, 5.41) is 13.5. The van der Waals surface area contributed by atoms with E-state index in [0.717, 1.165) is 10.9 Å². The van der Waals surface area contributed by atoms with E-state index >= 15 is 0 Å². The highest BCUT2D eigenvalue weighted by Gasteiger charge is 2.24. The Bertz CT molecular complexity index is 857. The van der Waals surface area contributed by atoms with Gasteiger partial charge in [-0.2, -0.15) is 5.10 Å². The van der Waals surface area contributed by atoms with Crippen molar-refractivity contribution < 1.29 is 19.1 Å². The Kier molecular flexibility index (Phi) is 7.04. The van der Waals surface area contributed by atoms with Crippen LogP contribution in [0.2, 0.25) is 0 Å². The third-order valence-electron chi connectivity index (χ3n) is 4.94. The largest absolute Gasteiger partial charge is 0.450 e. The SMILES string of the molecule is CCOC(=O)N1CCC(NC(=O)CCCNC(=O)c2n[nH]c3ccccc23)CC1. The second-order valence-corrected chi connectivity index (χ2v) is 7.01. The van der Waals surface area contributed by atoms with Crippen molar-refractivity contribution in [2.45, 2.75) is 38.6 Å². The molecule has 0 radical (unpaired) electrons. The number of likely N-dealkylation sites (tertiary alicyclic amines) is 1. The van der Waals surface area contributed by atoms with Crippen molar-refractivity contribution in [2.24, 2.45) is 0 Å². The van der Waals surface area contributed by atoms with Crippen molar-refractivity contribution >= 4 is 28.8 Å². The molecule has 0 aliphatic carbocycles. The number of hydrogen-bond donors (Lipinski definition) is 3. The number of aromatic amines is 1. The van der Waals surface area contributed by atoms with Crippen molar-refractivity contribution in [1.29, 1.82) is 0 Å². The minimum absolute atomic E-state index is 0.0425. The molecule has 2 aromatic rings. The van der Waals surface area contributed by atoms with Crippen LogP contribution in [0.5, 0.6) is 0 Å². The van der Waals surface area contributed by atoms with E-state index in [1.807, 2.05) is 24.3 Å². The lowest BCUT2D eigenvalue weighted by molar-refractivity contribution is -0.122. The Balaban J connectivity index is 1.33. The van der Waals surface area contributed by atoms with E-state index in [4.69, 9.17) is 4.74 Å². The van der Waals surface area contributed by atoms with E-state index in [2.05, 4.69) is 20.8 Å². The average Bonchev–Trinajstić information content (AvgIpc) is 3.16. The number of aromatic nitrogens is 2. The van der Waals surface area contributed by atoms with Gasteiger partial charge < -0.3 is 20.3 Å². The third kappa shape index (κ3) is 5.46. The van der Waals surface area contributed by atoms with Crippen LogP contribution in [0.1, 0.15) is 43.1 Å². The fourth-order valence-electron chi connectivity index (χ4n) is 3.39. The minimum atomic E-state index is -0.294. The van der Waals surface area contributed by atoms with Crippen molar-refractivity contribution in [1.82, 2.24) is 25.7 Å². The van der Waals surface area contributed by atoms with Gasteiger partial charge in [0.1, 0.15) is 0 Å². The Labute approximate surface area is 169 Å². The molecule has 0 atom stereocenters. The summed E-state index contributed by atoms with van der Waals surface area (Å²) in [4.78, 5) is 37.8. The summed E-state index contributed by atoms with van der Waals surface area (Å²) in [5.41, 5.74) is 1.17. The summed E-state index contributed by atoms with van der Waals surface area (Å²) in [6.07, 6.45) is 2.01. The van der Waals surface area contributed by atoms with Crippen molar-refractivity contribution in [2.75, 3.05) is 26.2 Å². The number of rotatable bonds is 7. The van der Waals surface area contributed by atoms with Crippen molar-refractivity contribution in [3.05, 3.63) is 30.0 Å². The van der Waals surface area contributed by atoms with Crippen LogP contribution in [0.15, 0.2) is 24.3 Å². The number of piperidine rings is 1. The number of benzene rings is 1. The molecule has 3 amide bonds. The van der Waals surface area contributed by atoms with Crippen LogP contribution in [0.4, 0.5) is 4.79 Å². The zero-order chi connectivity index (χ0) is 20.6. The van der Waals surface area contributed by atoms with Gasteiger partial charge in [0.2, 0.25) is 5.91 Å². The fraction of sp³-hybridized carbons (Fsp3) is 0.500. The molecule has 3 rings (SSSR count). The van der Waals surface area contributed by atoms with E-state index in [1.165, 1.54) is 0 Å².